The normalized spacial score (nSPS) is 22.5. The second kappa shape index (κ2) is 67.4. The highest BCUT2D eigenvalue weighted by Gasteiger charge is 2.51. The molecule has 0 aromatic carbocycles. The van der Waals surface area contributed by atoms with E-state index in [4.69, 9.17) is 18.9 Å². The van der Waals surface area contributed by atoms with Crippen LogP contribution in [0.2, 0.25) is 0 Å². The number of rotatable bonds is 68. The van der Waals surface area contributed by atoms with Crippen LogP contribution in [0.25, 0.3) is 0 Å². The Labute approximate surface area is 599 Å². The first-order valence-corrected chi connectivity index (χ1v) is 40.8. The summed E-state index contributed by atoms with van der Waals surface area (Å²) in [6, 6.07) is -0.923. The molecule has 0 aliphatic carbocycles. The first kappa shape index (κ1) is 91.3. The molecule has 14 nitrogen and oxygen atoms in total. The van der Waals surface area contributed by atoms with E-state index in [-0.39, 0.29) is 18.9 Å². The van der Waals surface area contributed by atoms with Crippen molar-refractivity contribution < 1.29 is 64.6 Å². The zero-order valence-corrected chi connectivity index (χ0v) is 62.5. The molecule has 0 spiro atoms. The summed E-state index contributed by atoms with van der Waals surface area (Å²) < 4.78 is 22.9. The Hall–Kier alpha value is -2.83. The smallest absolute Gasteiger partial charge is 0.220 e. The maximum Gasteiger partial charge on any atom is 0.220 e. The molecule has 570 valence electrons. The highest BCUT2D eigenvalue weighted by Crippen LogP contribution is 2.30. The second-order valence-corrected chi connectivity index (χ2v) is 28.5. The zero-order chi connectivity index (χ0) is 70.8. The quantitative estimate of drug-likeness (QED) is 0.0204. The molecule has 0 aromatic heterocycles. The van der Waals surface area contributed by atoms with E-state index in [0.29, 0.717) is 6.42 Å². The third-order valence-corrected chi connectivity index (χ3v) is 19.6. The number of amides is 1. The van der Waals surface area contributed by atoms with Crippen LogP contribution in [0.4, 0.5) is 0 Å². The summed E-state index contributed by atoms with van der Waals surface area (Å²) in [7, 11) is 0. The van der Waals surface area contributed by atoms with Crippen LogP contribution >= 0.6 is 0 Å². The van der Waals surface area contributed by atoms with Crippen LogP contribution in [-0.2, 0) is 23.7 Å². The van der Waals surface area contributed by atoms with Crippen LogP contribution in [0, 0.1) is 0 Å². The largest absolute Gasteiger partial charge is 0.394 e. The molecule has 14 heteroatoms. The topological polar surface area (TPSA) is 228 Å². The van der Waals surface area contributed by atoms with Crippen molar-refractivity contribution in [3.8, 4) is 0 Å². The van der Waals surface area contributed by atoms with Crippen LogP contribution < -0.4 is 5.32 Å². The average molecular weight is 1380 g/mol. The first-order valence-electron chi connectivity index (χ1n) is 40.8. The van der Waals surface area contributed by atoms with Crippen LogP contribution in [0.15, 0.2) is 85.1 Å². The minimum absolute atomic E-state index is 0.240. The lowest BCUT2D eigenvalue weighted by Gasteiger charge is -2.46. The number of allylic oxidation sites excluding steroid dienone is 13. The molecule has 0 radical (unpaired) electrons. The van der Waals surface area contributed by atoms with Crippen molar-refractivity contribution in [1.82, 2.24) is 5.32 Å². The Kier molecular flexibility index (Phi) is 62.7. The van der Waals surface area contributed by atoms with Gasteiger partial charge in [0.25, 0.3) is 0 Å². The van der Waals surface area contributed by atoms with E-state index in [2.05, 4.69) is 92.1 Å². The van der Waals surface area contributed by atoms with Crippen molar-refractivity contribution in [3.63, 3.8) is 0 Å². The van der Waals surface area contributed by atoms with E-state index in [1.165, 1.54) is 238 Å². The summed E-state index contributed by atoms with van der Waals surface area (Å²) in [6.45, 7) is 2.73. The molecule has 0 bridgehead atoms. The van der Waals surface area contributed by atoms with Gasteiger partial charge >= 0.3 is 0 Å². The number of hydrogen-bond donors (Lipinski definition) is 9. The summed E-state index contributed by atoms with van der Waals surface area (Å²) in [5, 5.41) is 87.7. The van der Waals surface area contributed by atoms with E-state index >= 15 is 0 Å². The summed E-state index contributed by atoms with van der Waals surface area (Å²) in [6.07, 6.45) is 78.0. The van der Waals surface area contributed by atoms with E-state index in [1.807, 2.05) is 6.08 Å². The highest BCUT2D eigenvalue weighted by molar-refractivity contribution is 5.76. The van der Waals surface area contributed by atoms with Gasteiger partial charge < -0.3 is 65.1 Å². The molecule has 2 rings (SSSR count). The predicted octanol–water partition coefficient (Wildman–Crippen LogP) is 18.7. The number of ether oxygens (including phenoxy) is 4. The fraction of sp³-hybridized carbons (Fsp3) is 0.821. The molecule has 1 amide bonds. The number of unbranched alkanes of at least 4 members (excludes halogenated alkanes) is 43. The molecule has 0 aromatic rings. The molecule has 12 atom stereocenters. The zero-order valence-electron chi connectivity index (χ0n) is 62.5. The molecule has 2 aliphatic rings. The Balaban J connectivity index is 1.62. The average Bonchev–Trinajstić information content (AvgIpc) is 0.793. The van der Waals surface area contributed by atoms with Gasteiger partial charge in [-0.1, -0.05) is 356 Å². The van der Waals surface area contributed by atoms with Crippen LogP contribution in [-0.4, -0.2) is 140 Å². The maximum atomic E-state index is 13.4. The second-order valence-electron chi connectivity index (χ2n) is 28.5. The van der Waals surface area contributed by atoms with Crippen molar-refractivity contribution in [2.75, 3.05) is 19.8 Å². The van der Waals surface area contributed by atoms with E-state index < -0.39 is 86.8 Å². The van der Waals surface area contributed by atoms with Crippen molar-refractivity contribution in [3.05, 3.63) is 85.1 Å². The summed E-state index contributed by atoms with van der Waals surface area (Å²) in [4.78, 5) is 13.4. The standard InChI is InChI=1S/C84H151NO13/c1-3-5-7-9-11-13-15-17-19-21-23-25-27-29-31-33-35-36-38-39-41-43-45-47-49-51-53-55-57-59-61-63-65-67-73(88)72(71-95-83-81(94)79(92)82(75(70-87)97-83)98-84-80(93)78(91)77(90)74(69-86)96-84)85-76(89)68-66-64-62-60-58-56-54-52-50-48-46-44-42-40-37-34-32-30-28-26-24-22-20-18-16-14-12-10-8-6-4-2/h6,8,12,14,18,20,24,26,30,32,37,40,65,67,72-75,77-84,86-88,90-94H,3-5,7,9-11,13,15-17,19,21-23,25,27-29,31,33-36,38-39,41-64,66,68-71H2,1-2H3,(H,85,89)/b8-6-,14-12-,20-18-,26-24-,32-30-,40-37-,67-65+. The predicted molar refractivity (Wildman–Crippen MR) is 406 cm³/mol. The summed E-state index contributed by atoms with van der Waals surface area (Å²) in [5.41, 5.74) is 0. The monoisotopic (exact) mass is 1380 g/mol. The van der Waals surface area contributed by atoms with Crippen LogP contribution in [0.1, 0.15) is 348 Å². The lowest BCUT2D eigenvalue weighted by atomic mass is 9.97. The third kappa shape index (κ3) is 49.7. The third-order valence-electron chi connectivity index (χ3n) is 19.6. The molecule has 2 aliphatic heterocycles. The number of nitrogens with one attached hydrogen (secondary N) is 1. The van der Waals surface area contributed by atoms with Crippen molar-refractivity contribution in [2.24, 2.45) is 0 Å². The molecular formula is C84H151NO13. The minimum atomic E-state index is -1.79. The molecule has 2 heterocycles. The lowest BCUT2D eigenvalue weighted by Crippen LogP contribution is -2.65. The minimum Gasteiger partial charge on any atom is -0.394 e. The van der Waals surface area contributed by atoms with E-state index in [1.54, 1.807) is 6.08 Å². The van der Waals surface area contributed by atoms with Gasteiger partial charge in [0, 0.05) is 6.42 Å². The fourth-order valence-corrected chi connectivity index (χ4v) is 13.2. The fourth-order valence-electron chi connectivity index (χ4n) is 13.2. The molecule has 2 saturated heterocycles. The lowest BCUT2D eigenvalue weighted by molar-refractivity contribution is -0.359. The molecular weight excluding hydrogens is 1230 g/mol. The van der Waals surface area contributed by atoms with E-state index in [9.17, 15) is 45.6 Å². The van der Waals surface area contributed by atoms with Gasteiger partial charge in [0.2, 0.25) is 5.91 Å². The molecule has 9 N–H and O–H groups in total. The number of carbonyl (C=O) groups excluding carboxylic acids is 1. The van der Waals surface area contributed by atoms with Gasteiger partial charge in [-0.05, 0) is 70.6 Å². The van der Waals surface area contributed by atoms with Gasteiger partial charge in [0.1, 0.15) is 48.8 Å². The van der Waals surface area contributed by atoms with Gasteiger partial charge in [-0.3, -0.25) is 4.79 Å². The molecule has 0 saturated carbocycles. The van der Waals surface area contributed by atoms with Gasteiger partial charge in [-0.15, -0.1) is 0 Å². The number of carbonyl (C=O) groups is 1. The summed E-state index contributed by atoms with van der Waals surface area (Å²) >= 11 is 0. The van der Waals surface area contributed by atoms with Gasteiger partial charge in [-0.25, -0.2) is 0 Å². The van der Waals surface area contributed by atoms with Gasteiger partial charge in [0.05, 0.1) is 32.0 Å². The van der Waals surface area contributed by atoms with Crippen molar-refractivity contribution >= 4 is 5.91 Å². The Bertz CT molecular complexity index is 1970. The number of aliphatic hydroxyl groups is 8. The van der Waals surface area contributed by atoms with Gasteiger partial charge in [-0.2, -0.15) is 0 Å². The summed E-state index contributed by atoms with van der Waals surface area (Å²) in [5.74, 6) is -0.240. The SMILES string of the molecule is CC/C=C\C/C=C\C/C=C\C/C=C\C/C=C\C/C=C\CCCCCCCCCCCCCCC(=O)NC(COC1OC(CO)C(OC2OC(CO)C(O)C(O)C2O)C(O)C1O)C(O)/C=C/CCCCCCCCCCCCCCCCCCCCCCCCCCCCCCCCC. The van der Waals surface area contributed by atoms with Gasteiger partial charge in [0.15, 0.2) is 12.6 Å². The van der Waals surface area contributed by atoms with Crippen molar-refractivity contribution in [2.45, 2.75) is 421 Å². The molecule has 12 unspecified atom stereocenters. The highest BCUT2D eigenvalue weighted by atomic mass is 16.7. The Morgan fingerprint density at radius 1 is 0.378 bits per heavy atom. The molecule has 98 heavy (non-hydrogen) atoms. The Morgan fingerprint density at radius 3 is 1.08 bits per heavy atom. The van der Waals surface area contributed by atoms with Crippen LogP contribution in [0.5, 0.6) is 0 Å². The van der Waals surface area contributed by atoms with Crippen LogP contribution in [0.3, 0.4) is 0 Å². The van der Waals surface area contributed by atoms with Crippen molar-refractivity contribution in [1.29, 1.82) is 0 Å². The number of aliphatic hydroxyl groups excluding tert-OH is 8. The van der Waals surface area contributed by atoms with E-state index in [0.717, 1.165) is 83.5 Å². The Morgan fingerprint density at radius 2 is 0.704 bits per heavy atom. The first-order chi connectivity index (χ1) is 48.1. The number of hydrogen-bond acceptors (Lipinski definition) is 13. The molecule has 2 fully saturated rings. The maximum absolute atomic E-state index is 13.4.